The van der Waals surface area contributed by atoms with Crippen molar-refractivity contribution in [2.24, 2.45) is 5.84 Å². The number of hydrogen-bond donors (Lipinski definition) is 3. The Morgan fingerprint density at radius 1 is 1.21 bits per heavy atom. The minimum absolute atomic E-state index is 0.0748. The zero-order valence-corrected chi connectivity index (χ0v) is 11.1. The first-order valence-corrected chi connectivity index (χ1v) is 6.94. The van der Waals surface area contributed by atoms with Crippen molar-refractivity contribution in [3.05, 3.63) is 41.8 Å². The van der Waals surface area contributed by atoms with E-state index in [2.05, 4.69) is 20.1 Å². The van der Waals surface area contributed by atoms with Crippen LogP contribution in [0.5, 0.6) is 0 Å². The number of sulfonamides is 1. The number of nitrogens with zero attached hydrogens (tertiary/aromatic N) is 2. The standard InChI is InChI=1S/C10H10ClN5O2S/c11-7-1-2-10(14-5-7)16-19(17,18)9-6-13-4-3-8(9)15-12/h1-6H,12H2,(H,13,15)(H,14,16). The number of nitrogens with one attached hydrogen (secondary N) is 2. The molecule has 19 heavy (non-hydrogen) atoms. The Morgan fingerprint density at radius 3 is 2.63 bits per heavy atom. The van der Waals surface area contributed by atoms with Gasteiger partial charge in [0.2, 0.25) is 0 Å². The molecule has 0 aliphatic rings. The van der Waals surface area contributed by atoms with Crippen LogP contribution < -0.4 is 16.0 Å². The molecule has 0 aliphatic heterocycles. The summed E-state index contributed by atoms with van der Waals surface area (Å²) >= 11 is 5.67. The molecule has 0 saturated carbocycles. The van der Waals surface area contributed by atoms with Crippen LogP contribution in [0.4, 0.5) is 11.5 Å². The molecule has 0 aliphatic carbocycles. The van der Waals surface area contributed by atoms with Crippen molar-refractivity contribution < 1.29 is 8.42 Å². The van der Waals surface area contributed by atoms with Crippen molar-refractivity contribution in [2.45, 2.75) is 4.90 Å². The number of nitrogens with two attached hydrogens (primary N) is 1. The Hall–Kier alpha value is -1.90. The number of hydrogen-bond acceptors (Lipinski definition) is 6. The van der Waals surface area contributed by atoms with Gasteiger partial charge in [0.1, 0.15) is 10.7 Å². The van der Waals surface area contributed by atoms with E-state index in [1.165, 1.54) is 36.8 Å². The van der Waals surface area contributed by atoms with Gasteiger partial charge in [-0.2, -0.15) is 0 Å². The van der Waals surface area contributed by atoms with E-state index in [0.717, 1.165) is 0 Å². The van der Waals surface area contributed by atoms with Crippen LogP contribution in [-0.4, -0.2) is 18.4 Å². The topological polar surface area (TPSA) is 110 Å². The summed E-state index contributed by atoms with van der Waals surface area (Å²) in [6, 6.07) is 4.42. The number of hydrazine groups is 1. The third-order valence-corrected chi connectivity index (χ3v) is 3.80. The molecule has 0 amide bonds. The van der Waals surface area contributed by atoms with Crippen molar-refractivity contribution in [1.29, 1.82) is 0 Å². The summed E-state index contributed by atoms with van der Waals surface area (Å²) in [5.74, 6) is 5.41. The molecule has 0 unspecified atom stereocenters. The number of aromatic nitrogens is 2. The van der Waals surface area contributed by atoms with E-state index in [-0.39, 0.29) is 16.4 Å². The number of pyridine rings is 2. The average molecular weight is 300 g/mol. The molecule has 0 spiro atoms. The minimum atomic E-state index is -3.83. The van der Waals surface area contributed by atoms with Crippen LogP contribution >= 0.6 is 11.6 Å². The van der Waals surface area contributed by atoms with E-state index in [4.69, 9.17) is 17.4 Å². The second kappa shape index (κ2) is 5.39. The molecule has 2 aromatic heterocycles. The van der Waals surface area contributed by atoms with Crippen LogP contribution in [0.2, 0.25) is 5.02 Å². The van der Waals surface area contributed by atoms with Gasteiger partial charge in [-0.3, -0.25) is 15.5 Å². The highest BCUT2D eigenvalue weighted by Crippen LogP contribution is 2.21. The molecule has 0 bridgehead atoms. The van der Waals surface area contributed by atoms with E-state index in [9.17, 15) is 8.42 Å². The largest absolute Gasteiger partial charge is 0.323 e. The molecule has 2 aromatic rings. The zero-order valence-electron chi connectivity index (χ0n) is 9.54. The van der Waals surface area contributed by atoms with Crippen LogP contribution in [0.3, 0.4) is 0 Å². The zero-order chi connectivity index (χ0) is 13.9. The van der Waals surface area contributed by atoms with Crippen LogP contribution in [0, 0.1) is 0 Å². The molecule has 9 heteroatoms. The molecule has 100 valence electrons. The molecule has 4 N–H and O–H groups in total. The lowest BCUT2D eigenvalue weighted by atomic mass is 10.4. The molecule has 2 rings (SSSR count). The SMILES string of the molecule is NNc1ccncc1S(=O)(=O)Nc1ccc(Cl)cn1. The lowest BCUT2D eigenvalue weighted by Gasteiger charge is -2.10. The lowest BCUT2D eigenvalue weighted by molar-refractivity contribution is 0.601. The first-order valence-electron chi connectivity index (χ1n) is 5.08. The van der Waals surface area contributed by atoms with Crippen LogP contribution in [0.15, 0.2) is 41.7 Å². The molecule has 0 aromatic carbocycles. The van der Waals surface area contributed by atoms with Crippen molar-refractivity contribution >= 4 is 33.1 Å². The predicted molar refractivity (Wildman–Crippen MR) is 72.1 cm³/mol. The van der Waals surface area contributed by atoms with E-state index in [1.807, 2.05) is 0 Å². The highest BCUT2D eigenvalue weighted by Gasteiger charge is 2.19. The van der Waals surface area contributed by atoms with E-state index < -0.39 is 10.0 Å². The third-order valence-electron chi connectivity index (χ3n) is 2.20. The molecular formula is C10H10ClN5O2S. The average Bonchev–Trinajstić information content (AvgIpc) is 2.41. The van der Waals surface area contributed by atoms with Crippen molar-refractivity contribution in [1.82, 2.24) is 9.97 Å². The van der Waals surface area contributed by atoms with Gasteiger partial charge in [-0.1, -0.05) is 11.6 Å². The summed E-state index contributed by atoms with van der Waals surface area (Å²) in [5, 5.41) is 0.411. The van der Waals surface area contributed by atoms with Crippen LogP contribution in [0.1, 0.15) is 0 Å². The quantitative estimate of drug-likeness (QED) is 0.578. The van der Waals surface area contributed by atoms with Crippen molar-refractivity contribution in [2.75, 3.05) is 10.1 Å². The Morgan fingerprint density at radius 2 is 2.00 bits per heavy atom. The fourth-order valence-corrected chi connectivity index (χ4v) is 2.58. The lowest BCUT2D eigenvalue weighted by Crippen LogP contribution is -2.18. The Kier molecular flexibility index (Phi) is 3.84. The van der Waals surface area contributed by atoms with Gasteiger partial charge in [0, 0.05) is 18.6 Å². The molecular weight excluding hydrogens is 290 g/mol. The molecule has 0 saturated heterocycles. The Balaban J connectivity index is 2.35. The van der Waals surface area contributed by atoms with Crippen molar-refractivity contribution in [3.8, 4) is 0 Å². The van der Waals surface area contributed by atoms with Gasteiger partial charge >= 0.3 is 0 Å². The van der Waals surface area contributed by atoms with Gasteiger partial charge in [0.25, 0.3) is 10.0 Å². The summed E-state index contributed by atoms with van der Waals surface area (Å²) in [4.78, 5) is 7.53. The molecule has 2 heterocycles. The van der Waals surface area contributed by atoms with E-state index in [1.54, 1.807) is 0 Å². The normalized spacial score (nSPS) is 11.1. The number of anilines is 2. The van der Waals surface area contributed by atoms with Gasteiger partial charge in [-0.05, 0) is 18.2 Å². The summed E-state index contributed by atoms with van der Waals surface area (Å²) in [7, 11) is -3.83. The summed E-state index contributed by atoms with van der Waals surface area (Å²) in [6.07, 6.45) is 3.95. The van der Waals surface area contributed by atoms with Gasteiger partial charge in [-0.15, -0.1) is 0 Å². The van der Waals surface area contributed by atoms with Gasteiger partial charge < -0.3 is 5.43 Å². The maximum Gasteiger partial charge on any atom is 0.266 e. The second-order valence-corrected chi connectivity index (χ2v) is 5.57. The molecule has 0 radical (unpaired) electrons. The highest BCUT2D eigenvalue weighted by atomic mass is 35.5. The van der Waals surface area contributed by atoms with Crippen molar-refractivity contribution in [3.63, 3.8) is 0 Å². The monoisotopic (exact) mass is 299 g/mol. The Labute approximate surface area is 114 Å². The maximum atomic E-state index is 12.1. The fourth-order valence-electron chi connectivity index (χ4n) is 1.34. The summed E-state index contributed by atoms with van der Waals surface area (Å²) < 4.78 is 26.6. The van der Waals surface area contributed by atoms with E-state index in [0.29, 0.717) is 5.02 Å². The molecule has 7 nitrogen and oxygen atoms in total. The number of nitrogen functional groups attached to an aromatic ring is 1. The smallest absolute Gasteiger partial charge is 0.266 e. The van der Waals surface area contributed by atoms with Crippen LogP contribution in [0.25, 0.3) is 0 Å². The fraction of sp³-hybridized carbons (Fsp3) is 0. The maximum absolute atomic E-state index is 12.1. The summed E-state index contributed by atoms with van der Waals surface area (Å²) in [5.41, 5.74) is 2.53. The highest BCUT2D eigenvalue weighted by molar-refractivity contribution is 7.92. The number of halogens is 1. The molecule has 0 fully saturated rings. The Bertz CT molecular complexity index is 675. The molecule has 0 atom stereocenters. The van der Waals surface area contributed by atoms with Crippen LogP contribution in [-0.2, 0) is 10.0 Å². The first-order chi connectivity index (χ1) is 9.03. The third kappa shape index (κ3) is 3.11. The first kappa shape index (κ1) is 13.5. The van der Waals surface area contributed by atoms with Gasteiger partial charge in [0.15, 0.2) is 0 Å². The minimum Gasteiger partial charge on any atom is -0.323 e. The summed E-state index contributed by atoms with van der Waals surface area (Å²) in [6.45, 7) is 0. The van der Waals surface area contributed by atoms with Gasteiger partial charge in [-0.25, -0.2) is 13.4 Å². The number of rotatable bonds is 4. The van der Waals surface area contributed by atoms with Gasteiger partial charge in [0.05, 0.1) is 10.7 Å². The van der Waals surface area contributed by atoms with E-state index >= 15 is 0 Å². The second-order valence-electron chi connectivity index (χ2n) is 3.48. The predicted octanol–water partition coefficient (Wildman–Crippen LogP) is 1.22.